The number of hydrogen-bond acceptors (Lipinski definition) is 5. The fourth-order valence-electron chi connectivity index (χ4n) is 1.18. The van der Waals surface area contributed by atoms with Crippen LogP contribution in [-0.4, -0.2) is 31.6 Å². The van der Waals surface area contributed by atoms with Crippen molar-refractivity contribution in [1.29, 1.82) is 0 Å². The van der Waals surface area contributed by atoms with Crippen molar-refractivity contribution in [2.75, 3.05) is 13.7 Å². The summed E-state index contributed by atoms with van der Waals surface area (Å²) in [7, 11) is 1.49. The standard InChI is InChI=1S/C11H11BrN2O5/c1-18-8-3-2-6(4-7(8)12)10(16)19-5-9(15)14-11(13)17/h2-4H,5H2,1H3,(H3,13,14,15,17). The van der Waals surface area contributed by atoms with E-state index in [4.69, 9.17) is 15.2 Å². The van der Waals surface area contributed by atoms with Crippen LogP contribution in [0.1, 0.15) is 10.4 Å². The fraction of sp³-hybridized carbons (Fsp3) is 0.182. The molecule has 19 heavy (non-hydrogen) atoms. The van der Waals surface area contributed by atoms with Gasteiger partial charge in [-0.1, -0.05) is 0 Å². The van der Waals surface area contributed by atoms with Crippen molar-refractivity contribution >= 4 is 33.8 Å². The molecule has 0 unspecified atom stereocenters. The SMILES string of the molecule is COc1ccc(C(=O)OCC(=O)NC(N)=O)cc1Br. The molecule has 0 spiro atoms. The molecular formula is C11H11BrN2O5. The van der Waals surface area contributed by atoms with Crippen molar-refractivity contribution in [3.05, 3.63) is 28.2 Å². The Morgan fingerprint density at radius 3 is 2.58 bits per heavy atom. The van der Waals surface area contributed by atoms with Crippen molar-refractivity contribution in [1.82, 2.24) is 5.32 Å². The van der Waals surface area contributed by atoms with E-state index >= 15 is 0 Å². The van der Waals surface area contributed by atoms with Crippen molar-refractivity contribution in [2.24, 2.45) is 5.73 Å². The Morgan fingerprint density at radius 1 is 1.37 bits per heavy atom. The van der Waals surface area contributed by atoms with Gasteiger partial charge < -0.3 is 15.2 Å². The lowest BCUT2D eigenvalue weighted by atomic mass is 10.2. The van der Waals surface area contributed by atoms with Crippen LogP contribution in [-0.2, 0) is 9.53 Å². The van der Waals surface area contributed by atoms with Gasteiger partial charge in [-0.15, -0.1) is 0 Å². The molecule has 0 atom stereocenters. The van der Waals surface area contributed by atoms with E-state index in [1.165, 1.54) is 19.2 Å². The van der Waals surface area contributed by atoms with Gasteiger partial charge in [0.1, 0.15) is 5.75 Å². The number of imide groups is 1. The van der Waals surface area contributed by atoms with Crippen LogP contribution < -0.4 is 15.8 Å². The Morgan fingerprint density at radius 2 is 2.05 bits per heavy atom. The highest BCUT2D eigenvalue weighted by atomic mass is 79.9. The monoisotopic (exact) mass is 330 g/mol. The number of urea groups is 1. The Bertz CT molecular complexity index is 518. The largest absolute Gasteiger partial charge is 0.496 e. The molecule has 3 N–H and O–H groups in total. The maximum absolute atomic E-state index is 11.6. The molecule has 1 aromatic carbocycles. The predicted octanol–water partition coefficient (Wildman–Crippen LogP) is 0.809. The van der Waals surface area contributed by atoms with Gasteiger partial charge >= 0.3 is 12.0 Å². The van der Waals surface area contributed by atoms with Gasteiger partial charge in [-0.05, 0) is 34.1 Å². The zero-order valence-electron chi connectivity index (χ0n) is 9.94. The Kier molecular flexibility index (Phi) is 5.31. The van der Waals surface area contributed by atoms with Crippen LogP contribution in [0.3, 0.4) is 0 Å². The van der Waals surface area contributed by atoms with Crippen LogP contribution in [0.25, 0.3) is 0 Å². The number of rotatable bonds is 4. The number of methoxy groups -OCH3 is 1. The first-order chi connectivity index (χ1) is 8.93. The molecule has 8 heteroatoms. The smallest absolute Gasteiger partial charge is 0.338 e. The van der Waals surface area contributed by atoms with E-state index in [0.717, 1.165) is 0 Å². The number of benzene rings is 1. The minimum absolute atomic E-state index is 0.236. The first-order valence-electron chi connectivity index (χ1n) is 5.04. The van der Waals surface area contributed by atoms with Crippen LogP contribution in [0.2, 0.25) is 0 Å². The third-order valence-corrected chi connectivity index (χ3v) is 2.60. The van der Waals surface area contributed by atoms with Crippen LogP contribution in [0.4, 0.5) is 4.79 Å². The summed E-state index contributed by atoms with van der Waals surface area (Å²) in [6.07, 6.45) is 0. The van der Waals surface area contributed by atoms with Gasteiger partial charge in [-0.25, -0.2) is 9.59 Å². The lowest BCUT2D eigenvalue weighted by molar-refractivity contribution is -0.123. The van der Waals surface area contributed by atoms with E-state index in [0.29, 0.717) is 10.2 Å². The summed E-state index contributed by atoms with van der Waals surface area (Å²) in [6.45, 7) is -0.592. The zero-order chi connectivity index (χ0) is 14.4. The third kappa shape index (κ3) is 4.59. The normalized spacial score (nSPS) is 9.58. The number of primary amides is 1. The molecule has 1 aromatic rings. The second-order valence-corrected chi connectivity index (χ2v) is 4.19. The average Bonchev–Trinajstić information content (AvgIpc) is 2.35. The Balaban J connectivity index is 2.61. The lowest BCUT2D eigenvalue weighted by Gasteiger charge is -2.06. The minimum atomic E-state index is -1.01. The summed E-state index contributed by atoms with van der Waals surface area (Å²) >= 11 is 3.22. The predicted molar refractivity (Wildman–Crippen MR) is 68.7 cm³/mol. The van der Waals surface area contributed by atoms with Crippen molar-refractivity contribution in [3.63, 3.8) is 0 Å². The second-order valence-electron chi connectivity index (χ2n) is 3.34. The first kappa shape index (κ1) is 15.0. The highest BCUT2D eigenvalue weighted by Crippen LogP contribution is 2.25. The van der Waals surface area contributed by atoms with E-state index in [1.54, 1.807) is 11.4 Å². The topological polar surface area (TPSA) is 108 Å². The van der Waals surface area contributed by atoms with Crippen molar-refractivity contribution < 1.29 is 23.9 Å². The van der Waals surface area contributed by atoms with E-state index < -0.39 is 24.5 Å². The summed E-state index contributed by atoms with van der Waals surface area (Å²) in [5.41, 5.74) is 4.97. The number of ether oxygens (including phenoxy) is 2. The van der Waals surface area contributed by atoms with E-state index in [9.17, 15) is 14.4 Å². The van der Waals surface area contributed by atoms with E-state index in [2.05, 4.69) is 15.9 Å². The van der Waals surface area contributed by atoms with Gasteiger partial charge in [0.2, 0.25) is 0 Å². The molecular weight excluding hydrogens is 320 g/mol. The summed E-state index contributed by atoms with van der Waals surface area (Å²) < 4.78 is 10.3. The van der Waals surface area contributed by atoms with Gasteiger partial charge in [0.25, 0.3) is 5.91 Å². The second kappa shape index (κ2) is 6.74. The molecule has 7 nitrogen and oxygen atoms in total. The molecule has 0 saturated heterocycles. The van der Waals surface area contributed by atoms with Gasteiger partial charge in [-0.3, -0.25) is 10.1 Å². The number of carbonyl (C=O) groups is 3. The van der Waals surface area contributed by atoms with Crippen LogP contribution in [0.5, 0.6) is 5.75 Å². The molecule has 0 fully saturated rings. The molecule has 1 rings (SSSR count). The van der Waals surface area contributed by atoms with Crippen molar-refractivity contribution in [3.8, 4) is 5.75 Å². The number of nitrogens with one attached hydrogen (secondary N) is 1. The quantitative estimate of drug-likeness (QED) is 0.794. The van der Waals surface area contributed by atoms with Gasteiger partial charge in [0, 0.05) is 0 Å². The first-order valence-corrected chi connectivity index (χ1v) is 5.83. The highest BCUT2D eigenvalue weighted by molar-refractivity contribution is 9.10. The summed E-state index contributed by atoms with van der Waals surface area (Å²) in [5.74, 6) is -0.945. The molecule has 0 saturated carbocycles. The maximum Gasteiger partial charge on any atom is 0.338 e. The summed E-state index contributed by atoms with van der Waals surface area (Å²) in [4.78, 5) is 33.0. The molecule has 0 aliphatic rings. The number of amides is 3. The Labute approximate surface area is 117 Å². The minimum Gasteiger partial charge on any atom is -0.496 e. The molecule has 0 aromatic heterocycles. The molecule has 0 heterocycles. The molecule has 0 bridgehead atoms. The lowest BCUT2D eigenvalue weighted by Crippen LogP contribution is -2.37. The van der Waals surface area contributed by atoms with Crippen LogP contribution >= 0.6 is 15.9 Å². The number of esters is 1. The van der Waals surface area contributed by atoms with Gasteiger partial charge in [-0.2, -0.15) is 0 Å². The van der Waals surface area contributed by atoms with E-state index in [1.807, 2.05) is 0 Å². The highest BCUT2D eigenvalue weighted by Gasteiger charge is 2.12. The van der Waals surface area contributed by atoms with Crippen LogP contribution in [0, 0.1) is 0 Å². The number of carbonyl (C=O) groups excluding carboxylic acids is 3. The maximum atomic E-state index is 11.6. The molecule has 102 valence electrons. The van der Waals surface area contributed by atoms with Crippen LogP contribution in [0.15, 0.2) is 22.7 Å². The third-order valence-electron chi connectivity index (χ3n) is 1.98. The van der Waals surface area contributed by atoms with Gasteiger partial charge in [0.05, 0.1) is 17.1 Å². The molecule has 0 aliphatic carbocycles. The molecule has 3 amide bonds. The number of nitrogens with two attached hydrogens (primary N) is 1. The average molecular weight is 331 g/mol. The Hall–Kier alpha value is -2.09. The van der Waals surface area contributed by atoms with E-state index in [-0.39, 0.29) is 5.56 Å². The summed E-state index contributed by atoms with van der Waals surface area (Å²) in [5, 5.41) is 1.77. The summed E-state index contributed by atoms with van der Waals surface area (Å²) in [6, 6.07) is 3.54. The number of halogens is 1. The molecule has 0 radical (unpaired) electrons. The molecule has 0 aliphatic heterocycles. The van der Waals surface area contributed by atoms with Crippen molar-refractivity contribution in [2.45, 2.75) is 0 Å². The fourth-order valence-corrected chi connectivity index (χ4v) is 1.72. The zero-order valence-corrected chi connectivity index (χ0v) is 11.5. The van der Waals surface area contributed by atoms with Gasteiger partial charge in [0.15, 0.2) is 6.61 Å². The number of hydrogen-bond donors (Lipinski definition) is 2.